The van der Waals surface area contributed by atoms with E-state index in [4.69, 9.17) is 29.2 Å². The predicted molar refractivity (Wildman–Crippen MR) is 184 cm³/mol. The first-order valence-electron chi connectivity index (χ1n) is 18.0. The number of carboxylic acids is 3. The van der Waals surface area contributed by atoms with Crippen LogP contribution < -0.4 is 10.6 Å². The average Bonchev–Trinajstić information content (AvgIpc) is 3.07. The fourth-order valence-electron chi connectivity index (χ4n) is 4.93. The van der Waals surface area contributed by atoms with Crippen LogP contribution in [0.25, 0.3) is 0 Å². The maximum atomic E-state index is 12.2. The lowest BCUT2D eigenvalue weighted by Gasteiger charge is -2.13. The number of hydrogen-bond acceptors (Lipinski definition) is 11. The smallest absolute Gasteiger partial charge is 0.320 e. The molecule has 50 heavy (non-hydrogen) atoms. The van der Waals surface area contributed by atoms with Gasteiger partial charge in [0.1, 0.15) is 17.6 Å². The normalized spacial score (nSPS) is 12.3. The van der Waals surface area contributed by atoms with Crippen molar-refractivity contribution in [3.05, 3.63) is 0 Å². The van der Waals surface area contributed by atoms with Gasteiger partial charge in [0, 0.05) is 51.7 Å². The van der Waals surface area contributed by atoms with Crippen molar-refractivity contribution in [2.45, 2.75) is 115 Å². The summed E-state index contributed by atoms with van der Waals surface area (Å²) in [5, 5.41) is 32.5. The van der Waals surface area contributed by atoms with Crippen LogP contribution in [0.2, 0.25) is 0 Å². The van der Waals surface area contributed by atoms with E-state index in [9.17, 15) is 33.9 Å². The zero-order chi connectivity index (χ0) is 37.2. The van der Waals surface area contributed by atoms with Crippen LogP contribution in [0.1, 0.15) is 109 Å². The minimum atomic E-state index is -1.13. The molecule has 0 saturated carbocycles. The number of Topliss-reactive ketones (excluding diaryl/α,β-unsaturated/α-hetero) is 2. The fourth-order valence-corrected chi connectivity index (χ4v) is 4.93. The summed E-state index contributed by atoms with van der Waals surface area (Å²) in [5.74, 6) is -4.08. The maximum Gasteiger partial charge on any atom is 0.320 e. The van der Waals surface area contributed by atoms with E-state index >= 15 is 0 Å². The predicted octanol–water partition coefficient (Wildman–Crippen LogP) is 3.40. The van der Waals surface area contributed by atoms with Gasteiger partial charge >= 0.3 is 17.9 Å². The maximum absolute atomic E-state index is 12.2. The van der Waals surface area contributed by atoms with Gasteiger partial charge in [0.15, 0.2) is 0 Å². The summed E-state index contributed by atoms with van der Waals surface area (Å²) in [6, 6.07) is -0.631. The molecule has 0 rings (SSSR count). The molecule has 0 aliphatic carbocycles. The highest BCUT2D eigenvalue weighted by molar-refractivity contribution is 5.84. The molecule has 15 nitrogen and oxygen atoms in total. The van der Waals surface area contributed by atoms with Gasteiger partial charge < -0.3 is 44.9 Å². The van der Waals surface area contributed by atoms with Crippen molar-refractivity contribution in [2.24, 2.45) is 5.92 Å². The Morgan fingerprint density at radius 1 is 0.520 bits per heavy atom. The van der Waals surface area contributed by atoms with Crippen molar-refractivity contribution in [1.82, 2.24) is 10.6 Å². The van der Waals surface area contributed by atoms with Crippen molar-refractivity contribution in [3.8, 4) is 0 Å². The Hall–Kier alpha value is -2.98. The molecule has 0 aromatic rings. The second-order valence-electron chi connectivity index (χ2n) is 12.2. The number of rotatable bonds is 38. The van der Waals surface area contributed by atoms with Gasteiger partial charge in [0.05, 0.1) is 52.2 Å². The molecule has 2 atom stereocenters. The highest BCUT2D eigenvalue weighted by Gasteiger charge is 2.22. The summed E-state index contributed by atoms with van der Waals surface area (Å²) in [7, 11) is 1.58. The zero-order valence-corrected chi connectivity index (χ0v) is 30.0. The minimum Gasteiger partial charge on any atom is -0.481 e. The molecule has 0 fully saturated rings. The molecule has 15 heteroatoms. The third kappa shape index (κ3) is 31.0. The van der Waals surface area contributed by atoms with Crippen molar-refractivity contribution in [1.29, 1.82) is 0 Å². The van der Waals surface area contributed by atoms with Crippen molar-refractivity contribution >= 4 is 35.4 Å². The third-order valence-electron chi connectivity index (χ3n) is 7.91. The number of carbonyl (C=O) groups excluding carboxylic acids is 3. The summed E-state index contributed by atoms with van der Waals surface area (Å²) in [6.45, 7) is 3.20. The van der Waals surface area contributed by atoms with Crippen molar-refractivity contribution in [3.63, 3.8) is 0 Å². The SMILES string of the molecule is CN[C@@H](CCCCNC(=O)CC[C@H](CC(=O)CCOCCOCCOCCOCCCC(=O)CCCCCCCCC(=O)O)C(=O)O)C(=O)O. The molecule has 5 N–H and O–H groups in total. The van der Waals surface area contributed by atoms with Gasteiger partial charge in [0.2, 0.25) is 5.91 Å². The molecule has 290 valence electrons. The largest absolute Gasteiger partial charge is 0.481 e. The molecule has 1 amide bonds. The van der Waals surface area contributed by atoms with E-state index in [1.165, 1.54) is 0 Å². The van der Waals surface area contributed by atoms with Gasteiger partial charge in [-0.3, -0.25) is 28.8 Å². The van der Waals surface area contributed by atoms with E-state index in [1.54, 1.807) is 7.05 Å². The Morgan fingerprint density at radius 3 is 1.62 bits per heavy atom. The summed E-state index contributed by atoms with van der Waals surface area (Å²) in [4.78, 5) is 69.3. The van der Waals surface area contributed by atoms with Crippen LogP contribution in [0.4, 0.5) is 0 Å². The first-order chi connectivity index (χ1) is 24.1. The standard InChI is InChI=1S/C35H62N2O13/c1-36-31(35(45)46)13-8-9-18-37-32(40)16-15-28(34(43)44)27-30(39)17-20-48-22-24-50-26-25-49-23-21-47-19-10-12-29(38)11-6-4-2-3-5-7-14-33(41)42/h28,31,36H,2-27H2,1H3,(H,37,40)(H,41,42)(H,43,44)(H,45,46)/t28-,31+/m1/s1. The van der Waals surface area contributed by atoms with Gasteiger partial charge in [-0.25, -0.2) is 0 Å². The molecule has 0 heterocycles. The molecule has 0 aromatic heterocycles. The molecular weight excluding hydrogens is 656 g/mol. The van der Waals surface area contributed by atoms with Crippen LogP contribution in [0.3, 0.4) is 0 Å². The third-order valence-corrected chi connectivity index (χ3v) is 7.91. The molecule has 0 aromatic carbocycles. The Balaban J connectivity index is 3.62. The van der Waals surface area contributed by atoms with Crippen LogP contribution in [0.5, 0.6) is 0 Å². The second kappa shape index (κ2) is 33.2. The number of unbranched alkanes of at least 4 members (excludes halogenated alkanes) is 6. The summed E-state index contributed by atoms with van der Waals surface area (Å²) in [6.07, 6.45) is 9.10. The van der Waals surface area contributed by atoms with Crippen LogP contribution in [0, 0.1) is 5.92 Å². The fraction of sp³-hybridized carbons (Fsp3) is 0.829. The van der Waals surface area contributed by atoms with E-state index in [1.807, 2.05) is 0 Å². The van der Waals surface area contributed by atoms with Gasteiger partial charge in [0.25, 0.3) is 0 Å². The number of amides is 1. The Bertz CT molecular complexity index is 948. The topological polar surface area (TPSA) is 224 Å². The first-order valence-corrected chi connectivity index (χ1v) is 18.0. The number of ketones is 2. The number of carbonyl (C=O) groups is 6. The monoisotopic (exact) mass is 718 g/mol. The molecule has 0 spiro atoms. The van der Waals surface area contributed by atoms with Gasteiger partial charge in [-0.05, 0) is 52.0 Å². The van der Waals surface area contributed by atoms with Gasteiger partial charge in [-0.15, -0.1) is 0 Å². The van der Waals surface area contributed by atoms with Gasteiger partial charge in [-0.1, -0.05) is 25.7 Å². The van der Waals surface area contributed by atoms with Crippen LogP contribution in [0.15, 0.2) is 0 Å². The summed E-state index contributed by atoms with van der Waals surface area (Å²) in [5.41, 5.74) is 0. The molecule has 0 bridgehead atoms. The Kier molecular flexibility index (Phi) is 31.2. The number of aliphatic carboxylic acids is 3. The van der Waals surface area contributed by atoms with E-state index in [-0.39, 0.29) is 62.8 Å². The lowest BCUT2D eigenvalue weighted by atomic mass is 9.96. The average molecular weight is 719 g/mol. The molecule has 0 aliphatic rings. The Labute approximate surface area is 296 Å². The van der Waals surface area contributed by atoms with Crippen LogP contribution in [-0.2, 0) is 47.7 Å². The molecular formula is C35H62N2O13. The van der Waals surface area contributed by atoms with E-state index < -0.39 is 29.9 Å². The summed E-state index contributed by atoms with van der Waals surface area (Å²) >= 11 is 0. The minimum absolute atomic E-state index is 0.0193. The number of likely N-dealkylation sites (N-methyl/N-ethyl adjacent to an activating group) is 1. The number of hydrogen-bond donors (Lipinski definition) is 5. The first kappa shape index (κ1) is 47.0. The van der Waals surface area contributed by atoms with Crippen molar-refractivity contribution in [2.75, 3.05) is 66.4 Å². The quantitative estimate of drug-likeness (QED) is 0.0578. The lowest BCUT2D eigenvalue weighted by molar-refractivity contribution is -0.144. The highest BCUT2D eigenvalue weighted by atomic mass is 16.6. The number of nitrogens with one attached hydrogen (secondary N) is 2. The molecule has 0 aliphatic heterocycles. The van der Waals surface area contributed by atoms with E-state index in [0.717, 1.165) is 32.1 Å². The highest BCUT2D eigenvalue weighted by Crippen LogP contribution is 2.14. The van der Waals surface area contributed by atoms with Crippen molar-refractivity contribution < 1.29 is 63.0 Å². The lowest BCUT2D eigenvalue weighted by Crippen LogP contribution is -2.34. The zero-order valence-electron chi connectivity index (χ0n) is 30.0. The Morgan fingerprint density at radius 2 is 1.06 bits per heavy atom. The molecule has 0 saturated heterocycles. The number of ether oxygens (including phenoxy) is 4. The summed E-state index contributed by atoms with van der Waals surface area (Å²) < 4.78 is 21.8. The van der Waals surface area contributed by atoms with Crippen LogP contribution in [-0.4, -0.2) is 123 Å². The molecule has 0 unspecified atom stereocenters. The van der Waals surface area contributed by atoms with Gasteiger partial charge in [-0.2, -0.15) is 0 Å². The second-order valence-corrected chi connectivity index (χ2v) is 12.2. The number of carboxylic acid groups (broad SMARTS) is 3. The van der Waals surface area contributed by atoms with Crippen LogP contribution >= 0.6 is 0 Å². The molecule has 0 radical (unpaired) electrons. The van der Waals surface area contributed by atoms with E-state index in [2.05, 4.69) is 10.6 Å². The van der Waals surface area contributed by atoms with E-state index in [0.29, 0.717) is 91.1 Å².